The van der Waals surface area contributed by atoms with E-state index >= 15 is 0 Å². The van der Waals surface area contributed by atoms with Gasteiger partial charge in [-0.05, 0) is 44.2 Å². The van der Waals surface area contributed by atoms with Crippen molar-refractivity contribution >= 4 is 23.5 Å². The second kappa shape index (κ2) is 8.05. The fourth-order valence-corrected chi connectivity index (χ4v) is 4.04. The standard InChI is InChI=1S/C20H24ClNO3/c1-13-19(20(24)25-14-8-4-2-3-5-9-14)16(12-18(23)22-13)15-10-6-7-11-17(15)21/h6-7,10-11,14,16H,2-5,8-9,12H2,1H3,(H,22,23). The van der Waals surface area contributed by atoms with E-state index in [0.717, 1.165) is 31.2 Å². The molecule has 1 aliphatic heterocycles. The highest BCUT2D eigenvalue weighted by molar-refractivity contribution is 6.31. The summed E-state index contributed by atoms with van der Waals surface area (Å²) < 4.78 is 5.82. The quantitative estimate of drug-likeness (QED) is 0.637. The van der Waals surface area contributed by atoms with Crippen molar-refractivity contribution in [2.75, 3.05) is 0 Å². The van der Waals surface area contributed by atoms with Crippen molar-refractivity contribution in [3.05, 3.63) is 46.1 Å². The Morgan fingerprint density at radius 1 is 1.16 bits per heavy atom. The molecule has 0 saturated heterocycles. The highest BCUT2D eigenvalue weighted by atomic mass is 35.5. The van der Waals surface area contributed by atoms with E-state index in [1.54, 1.807) is 13.0 Å². The molecule has 1 N–H and O–H groups in total. The second-order valence-corrected chi connectivity index (χ2v) is 7.29. The maximum absolute atomic E-state index is 12.9. The molecule has 1 saturated carbocycles. The number of hydrogen-bond donors (Lipinski definition) is 1. The van der Waals surface area contributed by atoms with Crippen LogP contribution in [-0.2, 0) is 14.3 Å². The van der Waals surface area contributed by atoms with Gasteiger partial charge in [0.05, 0.1) is 5.57 Å². The summed E-state index contributed by atoms with van der Waals surface area (Å²) in [6.45, 7) is 1.75. The minimum absolute atomic E-state index is 0.0279. The summed E-state index contributed by atoms with van der Waals surface area (Å²) in [6, 6.07) is 7.37. The van der Waals surface area contributed by atoms with Crippen LogP contribution in [0.15, 0.2) is 35.5 Å². The first-order valence-corrected chi connectivity index (χ1v) is 9.40. The molecule has 1 fully saturated rings. The molecule has 1 aliphatic carbocycles. The predicted octanol–water partition coefficient (Wildman–Crippen LogP) is 4.48. The molecule has 1 aromatic rings. The Bertz CT molecular complexity index is 690. The van der Waals surface area contributed by atoms with Crippen LogP contribution in [-0.4, -0.2) is 18.0 Å². The van der Waals surface area contributed by atoms with Gasteiger partial charge in [0.2, 0.25) is 5.91 Å². The van der Waals surface area contributed by atoms with Crippen LogP contribution in [0.1, 0.15) is 63.4 Å². The average molecular weight is 362 g/mol. The summed E-state index contributed by atoms with van der Waals surface area (Å²) in [6.07, 6.45) is 6.61. The number of benzene rings is 1. The number of halogens is 1. The third-order valence-electron chi connectivity index (χ3n) is 5.05. The number of nitrogens with one attached hydrogen (secondary N) is 1. The van der Waals surface area contributed by atoms with E-state index in [4.69, 9.17) is 16.3 Å². The maximum Gasteiger partial charge on any atom is 0.336 e. The summed E-state index contributed by atoms with van der Waals surface area (Å²) in [5.74, 6) is -0.788. The smallest absolute Gasteiger partial charge is 0.336 e. The van der Waals surface area contributed by atoms with Gasteiger partial charge in [0.25, 0.3) is 0 Å². The topological polar surface area (TPSA) is 55.4 Å². The molecule has 3 rings (SSSR count). The fourth-order valence-electron chi connectivity index (χ4n) is 3.77. The predicted molar refractivity (Wildman–Crippen MR) is 97.2 cm³/mol. The third kappa shape index (κ3) is 4.24. The van der Waals surface area contributed by atoms with Gasteiger partial charge < -0.3 is 10.1 Å². The Hall–Kier alpha value is -1.81. The van der Waals surface area contributed by atoms with Crippen molar-refractivity contribution in [1.82, 2.24) is 5.32 Å². The van der Waals surface area contributed by atoms with Gasteiger partial charge in [0, 0.05) is 23.1 Å². The molecule has 5 heteroatoms. The lowest BCUT2D eigenvalue weighted by molar-refractivity contribution is -0.145. The van der Waals surface area contributed by atoms with Crippen molar-refractivity contribution < 1.29 is 14.3 Å². The van der Waals surface area contributed by atoms with Gasteiger partial charge >= 0.3 is 5.97 Å². The zero-order valence-electron chi connectivity index (χ0n) is 14.5. The average Bonchev–Trinajstić information content (AvgIpc) is 2.83. The largest absolute Gasteiger partial charge is 0.459 e. The SMILES string of the molecule is CC1=C(C(=O)OC2CCCCCC2)C(c2ccccc2Cl)CC(=O)N1. The lowest BCUT2D eigenvalue weighted by Crippen LogP contribution is -2.35. The number of esters is 1. The molecule has 2 aliphatic rings. The molecular weight excluding hydrogens is 338 g/mol. The van der Waals surface area contributed by atoms with Crippen molar-refractivity contribution in [2.45, 2.75) is 63.9 Å². The van der Waals surface area contributed by atoms with Crippen molar-refractivity contribution in [1.29, 1.82) is 0 Å². The van der Waals surface area contributed by atoms with Crippen LogP contribution >= 0.6 is 11.6 Å². The molecule has 1 unspecified atom stereocenters. The summed E-state index contributed by atoms with van der Waals surface area (Å²) in [5, 5.41) is 3.34. The number of allylic oxidation sites excluding steroid dienone is 1. The van der Waals surface area contributed by atoms with Gasteiger partial charge in [-0.15, -0.1) is 0 Å². The van der Waals surface area contributed by atoms with E-state index in [-0.39, 0.29) is 30.3 Å². The number of ether oxygens (including phenoxy) is 1. The first-order valence-electron chi connectivity index (χ1n) is 9.02. The lowest BCUT2D eigenvalue weighted by Gasteiger charge is -2.28. The normalized spacial score (nSPS) is 22.3. The van der Waals surface area contributed by atoms with Crippen LogP contribution in [0.2, 0.25) is 5.02 Å². The summed E-state index contributed by atoms with van der Waals surface area (Å²) in [7, 11) is 0. The van der Waals surface area contributed by atoms with Crippen LogP contribution in [0.4, 0.5) is 0 Å². The zero-order valence-corrected chi connectivity index (χ0v) is 15.3. The van der Waals surface area contributed by atoms with E-state index in [1.165, 1.54) is 12.8 Å². The minimum atomic E-state index is -0.360. The van der Waals surface area contributed by atoms with Crippen molar-refractivity contribution in [3.63, 3.8) is 0 Å². The van der Waals surface area contributed by atoms with Gasteiger partial charge in [0.15, 0.2) is 0 Å². The number of carbonyl (C=O) groups is 2. The Labute approximate surface area is 153 Å². The molecular formula is C20H24ClNO3. The minimum Gasteiger partial charge on any atom is -0.459 e. The number of hydrogen-bond acceptors (Lipinski definition) is 3. The molecule has 0 spiro atoms. The summed E-state index contributed by atoms with van der Waals surface area (Å²) >= 11 is 6.33. The molecule has 0 bridgehead atoms. The molecule has 4 nitrogen and oxygen atoms in total. The Balaban J connectivity index is 1.87. The molecule has 134 valence electrons. The fraction of sp³-hybridized carbons (Fsp3) is 0.500. The zero-order chi connectivity index (χ0) is 17.8. The van der Waals surface area contributed by atoms with Crippen molar-refractivity contribution in [2.24, 2.45) is 0 Å². The second-order valence-electron chi connectivity index (χ2n) is 6.88. The van der Waals surface area contributed by atoms with Crippen molar-refractivity contribution in [3.8, 4) is 0 Å². The molecule has 1 heterocycles. The first kappa shape index (κ1) is 18.0. The van der Waals surface area contributed by atoms with Gasteiger partial charge in [0.1, 0.15) is 6.10 Å². The highest BCUT2D eigenvalue weighted by Gasteiger charge is 2.34. The van der Waals surface area contributed by atoms with Crippen LogP contribution < -0.4 is 5.32 Å². The molecule has 25 heavy (non-hydrogen) atoms. The van der Waals surface area contributed by atoms with E-state index in [1.807, 2.05) is 18.2 Å². The molecule has 0 aromatic heterocycles. The Morgan fingerprint density at radius 3 is 2.52 bits per heavy atom. The Kier molecular flexibility index (Phi) is 5.79. The van der Waals surface area contributed by atoms with Gasteiger partial charge in [-0.2, -0.15) is 0 Å². The third-order valence-corrected chi connectivity index (χ3v) is 5.39. The van der Waals surface area contributed by atoms with E-state index < -0.39 is 0 Å². The maximum atomic E-state index is 12.9. The van der Waals surface area contributed by atoms with Gasteiger partial charge in [-0.1, -0.05) is 42.6 Å². The van der Waals surface area contributed by atoms with E-state index in [9.17, 15) is 9.59 Å². The van der Waals surface area contributed by atoms with Crippen LogP contribution in [0.5, 0.6) is 0 Å². The van der Waals surface area contributed by atoms with Crippen LogP contribution in [0, 0.1) is 0 Å². The van der Waals surface area contributed by atoms with E-state index in [0.29, 0.717) is 16.3 Å². The summed E-state index contributed by atoms with van der Waals surface area (Å²) in [4.78, 5) is 24.9. The molecule has 1 amide bonds. The van der Waals surface area contributed by atoms with E-state index in [2.05, 4.69) is 5.32 Å². The van der Waals surface area contributed by atoms with Gasteiger partial charge in [-0.3, -0.25) is 4.79 Å². The Morgan fingerprint density at radius 2 is 1.84 bits per heavy atom. The van der Waals surface area contributed by atoms with Crippen LogP contribution in [0.25, 0.3) is 0 Å². The monoisotopic (exact) mass is 361 g/mol. The number of carbonyl (C=O) groups excluding carboxylic acids is 2. The molecule has 1 atom stereocenters. The molecule has 0 radical (unpaired) electrons. The first-order chi connectivity index (χ1) is 12.1. The summed E-state index contributed by atoms with van der Waals surface area (Å²) in [5.41, 5.74) is 1.89. The molecule has 1 aromatic carbocycles. The van der Waals surface area contributed by atoms with Gasteiger partial charge in [-0.25, -0.2) is 4.79 Å². The lowest BCUT2D eigenvalue weighted by atomic mass is 9.84. The number of rotatable bonds is 3. The van der Waals surface area contributed by atoms with Crippen LogP contribution in [0.3, 0.4) is 0 Å². The highest BCUT2D eigenvalue weighted by Crippen LogP contribution is 2.37. The number of amides is 1.